The maximum Gasteiger partial charge on any atom is 0.216 e. The largest absolute Gasteiger partial charge is 0.368 e. The van der Waals surface area contributed by atoms with Gasteiger partial charge in [-0.2, -0.15) is 0 Å². The zero-order chi connectivity index (χ0) is 14.5. The number of carbonyl (C=O) groups is 1. The number of carbonyl (C=O) groups excluding carboxylic acids is 1. The molecule has 2 N–H and O–H groups in total. The highest BCUT2D eigenvalue weighted by molar-refractivity contribution is 7.98. The molecule has 1 aromatic carbocycles. The summed E-state index contributed by atoms with van der Waals surface area (Å²) < 4.78 is 0. The molecule has 1 amide bonds. The zero-order valence-electron chi connectivity index (χ0n) is 12.0. The standard InChI is InChI=1S/C15H19N3OS/c1-10-8-15(17-7-6-16-11(2)19)18-14-9-12(20-3)4-5-13(10)14/h4-5,8-9H,6-7H2,1-3H3,(H,16,19)(H,17,18). The Morgan fingerprint density at radius 3 is 2.80 bits per heavy atom. The molecule has 0 saturated heterocycles. The van der Waals surface area contributed by atoms with Crippen molar-refractivity contribution in [1.29, 1.82) is 0 Å². The van der Waals surface area contributed by atoms with Gasteiger partial charge in [0.15, 0.2) is 0 Å². The molecule has 20 heavy (non-hydrogen) atoms. The summed E-state index contributed by atoms with van der Waals surface area (Å²) >= 11 is 1.71. The van der Waals surface area contributed by atoms with Crippen LogP contribution in [0.4, 0.5) is 5.82 Å². The number of benzene rings is 1. The maximum atomic E-state index is 10.8. The van der Waals surface area contributed by atoms with Crippen molar-refractivity contribution in [3.05, 3.63) is 29.8 Å². The highest BCUT2D eigenvalue weighted by Gasteiger charge is 2.03. The molecule has 0 aliphatic heterocycles. The number of hydrogen-bond acceptors (Lipinski definition) is 4. The van der Waals surface area contributed by atoms with Crippen LogP contribution < -0.4 is 10.6 Å². The summed E-state index contributed by atoms with van der Waals surface area (Å²) in [6.45, 7) is 4.86. The molecule has 2 aromatic rings. The molecular weight excluding hydrogens is 270 g/mol. The Morgan fingerprint density at radius 1 is 1.30 bits per heavy atom. The van der Waals surface area contributed by atoms with Crippen molar-refractivity contribution in [2.45, 2.75) is 18.7 Å². The first-order chi connectivity index (χ1) is 9.60. The van der Waals surface area contributed by atoms with Crippen LogP contribution in [0.2, 0.25) is 0 Å². The summed E-state index contributed by atoms with van der Waals surface area (Å²) in [5, 5.41) is 7.17. The maximum absolute atomic E-state index is 10.8. The van der Waals surface area contributed by atoms with Crippen LogP contribution in [0.1, 0.15) is 12.5 Å². The molecular formula is C15H19N3OS. The van der Waals surface area contributed by atoms with E-state index in [9.17, 15) is 4.79 Å². The number of aromatic nitrogens is 1. The fourth-order valence-corrected chi connectivity index (χ4v) is 2.46. The Labute approximate surface area is 123 Å². The van der Waals surface area contributed by atoms with Gasteiger partial charge in [0, 0.05) is 30.3 Å². The molecule has 0 saturated carbocycles. The van der Waals surface area contributed by atoms with Crippen molar-refractivity contribution in [2.24, 2.45) is 0 Å². The van der Waals surface area contributed by atoms with Gasteiger partial charge in [0.05, 0.1) is 5.52 Å². The molecule has 1 aromatic heterocycles. The number of rotatable bonds is 5. The second-order valence-electron chi connectivity index (χ2n) is 4.62. The molecule has 1 heterocycles. The van der Waals surface area contributed by atoms with E-state index in [1.807, 2.05) is 6.07 Å². The van der Waals surface area contributed by atoms with Crippen LogP contribution in [0.5, 0.6) is 0 Å². The van der Waals surface area contributed by atoms with Crippen molar-refractivity contribution in [1.82, 2.24) is 10.3 Å². The first-order valence-electron chi connectivity index (χ1n) is 6.54. The van der Waals surface area contributed by atoms with E-state index in [0.29, 0.717) is 13.1 Å². The van der Waals surface area contributed by atoms with Crippen LogP contribution >= 0.6 is 11.8 Å². The van der Waals surface area contributed by atoms with Crippen LogP contribution in [-0.2, 0) is 4.79 Å². The highest BCUT2D eigenvalue weighted by Crippen LogP contribution is 2.24. The number of anilines is 1. The average molecular weight is 289 g/mol. The number of amides is 1. The summed E-state index contributed by atoms with van der Waals surface area (Å²) in [6, 6.07) is 8.37. The fraction of sp³-hybridized carbons (Fsp3) is 0.333. The smallest absolute Gasteiger partial charge is 0.216 e. The van der Waals surface area contributed by atoms with Crippen LogP contribution in [0.15, 0.2) is 29.2 Å². The number of thioether (sulfide) groups is 1. The van der Waals surface area contributed by atoms with E-state index in [2.05, 4.69) is 47.0 Å². The van der Waals surface area contributed by atoms with Crippen LogP contribution in [0.25, 0.3) is 10.9 Å². The molecule has 2 rings (SSSR count). The minimum Gasteiger partial charge on any atom is -0.368 e. The van der Waals surface area contributed by atoms with Crippen LogP contribution in [-0.4, -0.2) is 30.2 Å². The van der Waals surface area contributed by atoms with Crippen molar-refractivity contribution < 1.29 is 4.79 Å². The van der Waals surface area contributed by atoms with E-state index in [0.717, 1.165) is 11.3 Å². The Balaban J connectivity index is 2.15. The summed E-state index contributed by atoms with van der Waals surface area (Å²) in [5.74, 6) is 0.831. The number of pyridine rings is 1. The number of nitrogens with one attached hydrogen (secondary N) is 2. The molecule has 0 aliphatic carbocycles. The molecule has 5 heteroatoms. The monoisotopic (exact) mass is 289 g/mol. The molecule has 0 aliphatic rings. The third kappa shape index (κ3) is 3.63. The minimum atomic E-state index is -0.0148. The Hall–Kier alpha value is -1.75. The van der Waals surface area contributed by atoms with Gasteiger partial charge < -0.3 is 10.6 Å². The second-order valence-corrected chi connectivity index (χ2v) is 5.50. The van der Waals surface area contributed by atoms with Gasteiger partial charge in [-0.1, -0.05) is 6.07 Å². The first kappa shape index (κ1) is 14.7. The van der Waals surface area contributed by atoms with E-state index in [4.69, 9.17) is 0 Å². The summed E-state index contributed by atoms with van der Waals surface area (Å²) in [4.78, 5) is 16.6. The van der Waals surface area contributed by atoms with E-state index < -0.39 is 0 Å². The first-order valence-corrected chi connectivity index (χ1v) is 7.76. The van der Waals surface area contributed by atoms with Gasteiger partial charge in [0.2, 0.25) is 5.91 Å². The minimum absolute atomic E-state index is 0.0148. The van der Waals surface area contributed by atoms with Crippen LogP contribution in [0, 0.1) is 6.92 Å². The predicted octanol–water partition coefficient (Wildman–Crippen LogP) is 2.81. The molecule has 0 fully saturated rings. The van der Waals surface area contributed by atoms with Crippen molar-refractivity contribution in [3.63, 3.8) is 0 Å². The number of aryl methyl sites for hydroxylation is 1. The molecule has 0 radical (unpaired) electrons. The SMILES string of the molecule is CSc1ccc2c(C)cc(NCCNC(C)=O)nc2c1. The quantitative estimate of drug-likeness (QED) is 0.656. The van der Waals surface area contributed by atoms with E-state index in [1.165, 1.54) is 22.8 Å². The van der Waals surface area contributed by atoms with Crippen LogP contribution in [0.3, 0.4) is 0 Å². The normalized spacial score (nSPS) is 10.6. The van der Waals surface area contributed by atoms with Crippen molar-refractivity contribution in [3.8, 4) is 0 Å². The third-order valence-corrected chi connectivity index (χ3v) is 3.75. The second kappa shape index (κ2) is 6.61. The summed E-state index contributed by atoms with van der Waals surface area (Å²) in [7, 11) is 0. The molecule has 0 spiro atoms. The number of fused-ring (bicyclic) bond motifs is 1. The number of hydrogen-bond donors (Lipinski definition) is 2. The molecule has 0 bridgehead atoms. The summed E-state index contributed by atoms with van der Waals surface area (Å²) in [6.07, 6.45) is 2.06. The average Bonchev–Trinajstić information content (AvgIpc) is 2.42. The topological polar surface area (TPSA) is 54.0 Å². The molecule has 0 atom stereocenters. The van der Waals surface area contributed by atoms with Gasteiger partial charge in [-0.25, -0.2) is 4.98 Å². The number of nitrogens with zero attached hydrogens (tertiary/aromatic N) is 1. The highest BCUT2D eigenvalue weighted by atomic mass is 32.2. The van der Waals surface area contributed by atoms with Gasteiger partial charge in [-0.15, -0.1) is 11.8 Å². The van der Waals surface area contributed by atoms with Gasteiger partial charge >= 0.3 is 0 Å². The Kier molecular flexibility index (Phi) is 4.84. The van der Waals surface area contributed by atoms with E-state index in [-0.39, 0.29) is 5.91 Å². The van der Waals surface area contributed by atoms with Gasteiger partial charge in [-0.05, 0) is 36.9 Å². The lowest BCUT2D eigenvalue weighted by Gasteiger charge is -2.10. The van der Waals surface area contributed by atoms with Crippen molar-refractivity contribution in [2.75, 3.05) is 24.7 Å². The zero-order valence-corrected chi connectivity index (χ0v) is 12.8. The Morgan fingerprint density at radius 2 is 2.10 bits per heavy atom. The lowest BCUT2D eigenvalue weighted by molar-refractivity contribution is -0.118. The van der Waals surface area contributed by atoms with E-state index in [1.54, 1.807) is 11.8 Å². The molecule has 4 nitrogen and oxygen atoms in total. The van der Waals surface area contributed by atoms with E-state index >= 15 is 0 Å². The van der Waals surface area contributed by atoms with Crippen molar-refractivity contribution >= 4 is 34.4 Å². The molecule has 0 unspecified atom stereocenters. The fourth-order valence-electron chi connectivity index (χ4n) is 2.03. The van der Waals surface area contributed by atoms with Gasteiger partial charge in [0.1, 0.15) is 5.82 Å². The lowest BCUT2D eigenvalue weighted by atomic mass is 10.1. The Bertz CT molecular complexity index is 628. The predicted molar refractivity (Wildman–Crippen MR) is 85.4 cm³/mol. The van der Waals surface area contributed by atoms with Gasteiger partial charge in [0.25, 0.3) is 0 Å². The van der Waals surface area contributed by atoms with Gasteiger partial charge in [-0.3, -0.25) is 4.79 Å². The molecule has 106 valence electrons. The summed E-state index contributed by atoms with van der Waals surface area (Å²) in [5.41, 5.74) is 2.20. The lowest BCUT2D eigenvalue weighted by Crippen LogP contribution is -2.26. The third-order valence-electron chi connectivity index (χ3n) is 3.03.